The molecule has 0 saturated carbocycles. The topological polar surface area (TPSA) is 24.7 Å². The Labute approximate surface area is 399 Å². The number of rotatable bonds is 9. The lowest BCUT2D eigenvalue weighted by atomic mass is 10.1. The Morgan fingerprint density at radius 3 is 0.574 bits per heavy atom. The molecular formula is C64H48N2Si2. The molecule has 0 aliphatic rings. The Morgan fingerprint density at radius 2 is 0.382 bits per heavy atom. The van der Waals surface area contributed by atoms with Crippen LogP contribution in [-0.4, -0.2) is 27.9 Å². The van der Waals surface area contributed by atoms with Crippen molar-refractivity contribution in [3.8, 4) is 0 Å². The summed E-state index contributed by atoms with van der Waals surface area (Å²) >= 11 is 0. The molecule has 0 bridgehead atoms. The molecule has 0 amide bonds. The van der Waals surface area contributed by atoms with E-state index in [9.17, 15) is 0 Å². The molecule has 0 aliphatic carbocycles. The second kappa shape index (κ2) is 17.0. The van der Waals surface area contributed by atoms with Crippen molar-refractivity contribution in [3.63, 3.8) is 0 Å². The Hall–Kier alpha value is -8.03. The Kier molecular flexibility index (Phi) is 10.4. The van der Waals surface area contributed by atoms with E-state index in [1.54, 1.807) is 0 Å². The second-order valence-electron chi connectivity index (χ2n) is 18.0. The van der Waals surface area contributed by atoms with E-state index in [1.165, 1.54) is 95.8 Å². The lowest BCUT2D eigenvalue weighted by Crippen LogP contribution is -2.68. The van der Waals surface area contributed by atoms with E-state index in [-0.39, 0.29) is 0 Å². The van der Waals surface area contributed by atoms with Gasteiger partial charge in [-0.3, -0.25) is 0 Å². The van der Waals surface area contributed by atoms with Gasteiger partial charge in [0.2, 0.25) is 0 Å². The van der Waals surface area contributed by atoms with Crippen LogP contribution in [0.1, 0.15) is 13.8 Å². The zero-order chi connectivity index (χ0) is 45.7. The number of hydrogen-bond donors (Lipinski definition) is 0. The van der Waals surface area contributed by atoms with Gasteiger partial charge in [0.1, 0.15) is 0 Å². The van der Waals surface area contributed by atoms with Gasteiger partial charge in [0.05, 0.1) is 0 Å². The number of fused-ring (bicyclic) bond motifs is 6. The lowest BCUT2D eigenvalue weighted by Gasteiger charge is -2.34. The summed E-state index contributed by atoms with van der Waals surface area (Å²) < 4.78 is 12.9. The molecule has 0 N–H and O–H groups in total. The van der Waals surface area contributed by atoms with Crippen LogP contribution in [0.2, 0.25) is 0 Å². The molecule has 0 aliphatic heterocycles. The molecule has 0 heterocycles. The Morgan fingerprint density at radius 1 is 0.221 bits per heavy atom. The normalized spacial score (nSPS) is 12.7. The fourth-order valence-electron chi connectivity index (χ4n) is 11.1. The van der Waals surface area contributed by atoms with Crippen molar-refractivity contribution in [2.45, 2.75) is 13.8 Å². The summed E-state index contributed by atoms with van der Waals surface area (Å²) in [5, 5.41) is 22.1. The van der Waals surface area contributed by atoms with Crippen molar-refractivity contribution in [1.29, 1.82) is 0 Å². The molecular weight excluding hydrogens is 853 g/mol. The molecule has 0 unspecified atom stereocenters. The molecule has 2 nitrogen and oxygen atoms in total. The number of nitrogens with zero attached hydrogens (tertiary/aromatic N) is 2. The van der Waals surface area contributed by atoms with Crippen LogP contribution in [0.25, 0.3) is 64.6 Å². The highest BCUT2D eigenvalue weighted by molar-refractivity contribution is 7.15. The molecule has 0 aromatic heterocycles. The standard InChI is InChI=1S/C64H48N2Si2/c1-45(65-67(59-39-15-27-47-21-3-9-33-53(47)59,60-40-16-28-48-22-4-10-34-54(48)60)61-41-17-29-49-23-5-11-35-55(49)61)46(2)66-68(62-42-18-30-50-24-6-12-36-56(50)62,63-43-19-31-51-25-7-13-37-57(51)63)64-44-20-32-52-26-8-14-38-58(52)64/h3-44H,1-2H3. The van der Waals surface area contributed by atoms with Crippen LogP contribution >= 0.6 is 0 Å². The maximum Gasteiger partial charge on any atom is 0.275 e. The smallest absolute Gasteiger partial charge is 0.275 e. The average Bonchev–Trinajstić information content (AvgIpc) is 3.41. The summed E-state index contributed by atoms with van der Waals surface area (Å²) in [6.07, 6.45) is 0. The minimum atomic E-state index is -3.46. The van der Waals surface area contributed by atoms with Gasteiger partial charge in [0.15, 0.2) is 0 Å². The van der Waals surface area contributed by atoms with Gasteiger partial charge in [0, 0.05) is 11.4 Å². The molecule has 12 rings (SSSR count). The van der Waals surface area contributed by atoms with Crippen LogP contribution in [0.3, 0.4) is 0 Å². The van der Waals surface area contributed by atoms with Crippen LogP contribution in [-0.2, 0) is 0 Å². The van der Waals surface area contributed by atoms with Crippen molar-refractivity contribution in [1.82, 2.24) is 0 Å². The van der Waals surface area contributed by atoms with E-state index < -0.39 is 16.5 Å². The zero-order valence-corrected chi connectivity index (χ0v) is 40.1. The highest BCUT2D eigenvalue weighted by Crippen LogP contribution is 2.28. The van der Waals surface area contributed by atoms with E-state index in [1.807, 2.05) is 0 Å². The first-order chi connectivity index (χ1) is 33.5. The summed E-state index contributed by atoms with van der Waals surface area (Å²) in [6, 6.07) is 94.3. The van der Waals surface area contributed by atoms with Gasteiger partial charge in [-0.1, -0.05) is 255 Å². The van der Waals surface area contributed by atoms with Crippen molar-refractivity contribution in [2.24, 2.45) is 9.32 Å². The fraction of sp³-hybridized carbons (Fsp3) is 0.0312. The quantitative estimate of drug-likeness (QED) is 0.0783. The molecule has 0 fully saturated rings. The minimum Gasteiger partial charge on any atom is -0.307 e. The summed E-state index contributed by atoms with van der Waals surface area (Å²) in [4.78, 5) is 0. The van der Waals surface area contributed by atoms with Gasteiger partial charge >= 0.3 is 0 Å². The molecule has 12 aromatic carbocycles. The molecule has 322 valence electrons. The third kappa shape index (κ3) is 6.67. The summed E-state index contributed by atoms with van der Waals surface area (Å²) in [5.41, 5.74) is 1.87. The number of benzene rings is 12. The minimum absolute atomic E-state index is 0.933. The van der Waals surface area contributed by atoms with Crippen LogP contribution in [0, 0.1) is 0 Å². The zero-order valence-electron chi connectivity index (χ0n) is 38.1. The van der Waals surface area contributed by atoms with Gasteiger partial charge in [-0.2, -0.15) is 0 Å². The van der Waals surface area contributed by atoms with Crippen LogP contribution < -0.4 is 31.1 Å². The molecule has 4 heteroatoms. The Bertz CT molecular complexity index is 3310. The van der Waals surface area contributed by atoms with Crippen molar-refractivity contribution in [3.05, 3.63) is 255 Å². The van der Waals surface area contributed by atoms with E-state index in [0.717, 1.165) is 11.4 Å². The van der Waals surface area contributed by atoms with Gasteiger partial charge in [-0.05, 0) is 110 Å². The first kappa shape index (κ1) is 41.4. The monoisotopic (exact) mass is 900 g/mol. The summed E-state index contributed by atoms with van der Waals surface area (Å²) in [5.74, 6) is 0. The Balaban J connectivity index is 1.26. The highest BCUT2D eigenvalue weighted by Gasteiger charge is 2.46. The van der Waals surface area contributed by atoms with Gasteiger partial charge in [-0.25, -0.2) is 0 Å². The molecule has 0 radical (unpaired) electrons. The SMILES string of the molecule is CC(=N[Si](c1cccc2ccccc12)(c1cccc2ccccc12)c1cccc2ccccc12)C(C)=N[Si](c1cccc2ccccc12)(c1cccc2ccccc12)c1cccc2ccccc12. The van der Waals surface area contributed by atoms with Crippen molar-refractivity contribution >= 4 is 124 Å². The lowest BCUT2D eigenvalue weighted by molar-refractivity contribution is 1.59. The van der Waals surface area contributed by atoms with Crippen LogP contribution in [0.5, 0.6) is 0 Å². The predicted molar refractivity (Wildman–Crippen MR) is 299 cm³/mol. The van der Waals surface area contributed by atoms with E-state index in [0.29, 0.717) is 0 Å². The molecule has 0 saturated heterocycles. The third-order valence-electron chi connectivity index (χ3n) is 14.3. The van der Waals surface area contributed by atoms with Gasteiger partial charge in [0.25, 0.3) is 16.5 Å². The number of hydrogen-bond acceptors (Lipinski definition) is 2. The molecule has 0 atom stereocenters. The van der Waals surface area contributed by atoms with Crippen LogP contribution in [0.4, 0.5) is 0 Å². The fourth-order valence-corrected chi connectivity index (χ4v) is 20.7. The van der Waals surface area contributed by atoms with E-state index in [4.69, 9.17) is 9.32 Å². The second-order valence-corrected chi connectivity index (χ2v) is 24.5. The molecule has 0 spiro atoms. The van der Waals surface area contributed by atoms with Crippen molar-refractivity contribution < 1.29 is 0 Å². The van der Waals surface area contributed by atoms with E-state index >= 15 is 0 Å². The molecule has 68 heavy (non-hydrogen) atoms. The maximum atomic E-state index is 6.47. The predicted octanol–water partition coefficient (Wildman–Crippen LogP) is 12.2. The first-order valence-corrected chi connectivity index (χ1v) is 27.5. The maximum absolute atomic E-state index is 6.47. The largest absolute Gasteiger partial charge is 0.307 e. The van der Waals surface area contributed by atoms with Gasteiger partial charge in [-0.15, -0.1) is 0 Å². The highest BCUT2D eigenvalue weighted by atomic mass is 28.3. The third-order valence-corrected chi connectivity index (χ3v) is 22.9. The van der Waals surface area contributed by atoms with Crippen LogP contribution in [0.15, 0.2) is 264 Å². The molecule has 12 aromatic rings. The van der Waals surface area contributed by atoms with Crippen molar-refractivity contribution in [2.75, 3.05) is 0 Å². The average molecular weight is 901 g/mol. The summed E-state index contributed by atoms with van der Waals surface area (Å²) in [6.45, 7) is 4.47. The summed E-state index contributed by atoms with van der Waals surface area (Å²) in [7, 11) is -6.93. The first-order valence-electron chi connectivity index (χ1n) is 23.6. The van der Waals surface area contributed by atoms with E-state index in [2.05, 4.69) is 269 Å². The van der Waals surface area contributed by atoms with Gasteiger partial charge < -0.3 is 9.32 Å².